The molecule has 0 aromatic carbocycles. The van der Waals surface area contributed by atoms with Crippen molar-refractivity contribution in [1.29, 1.82) is 0 Å². The Kier molecular flexibility index (Phi) is 4.14. The first-order chi connectivity index (χ1) is 5.29. The highest BCUT2D eigenvalue weighted by molar-refractivity contribution is 8.09. The Bertz CT molecular complexity index is 114. The molecule has 0 N–H and O–H groups in total. The Morgan fingerprint density at radius 2 is 2.18 bits per heavy atom. The second-order valence-electron chi connectivity index (χ2n) is 3.12. The van der Waals surface area contributed by atoms with Crippen molar-refractivity contribution in [2.45, 2.75) is 49.4 Å². The number of hydrogen-bond donors (Lipinski definition) is 0. The molecule has 1 heterocycles. The molecule has 0 nitrogen and oxygen atoms in total. The highest BCUT2D eigenvalue weighted by Crippen LogP contribution is 2.48. The highest BCUT2D eigenvalue weighted by Gasteiger charge is 2.40. The molecule has 2 heteroatoms. The Morgan fingerprint density at radius 3 is 2.64 bits per heavy atom. The lowest BCUT2D eigenvalue weighted by Crippen LogP contribution is -2.08. The van der Waals surface area contributed by atoms with Crippen LogP contribution >= 0.6 is 23.5 Å². The molecule has 0 aromatic rings. The summed E-state index contributed by atoms with van der Waals surface area (Å²) < 4.78 is 0. The smallest absolute Gasteiger partial charge is 0.0285 e. The highest BCUT2D eigenvalue weighted by atomic mass is 32.2. The SMILES string of the molecule is CCCSC(C)C1SC1CC. The molecule has 1 saturated heterocycles. The van der Waals surface area contributed by atoms with E-state index in [9.17, 15) is 0 Å². The molecular weight excluding hydrogens is 172 g/mol. The predicted molar refractivity (Wildman–Crippen MR) is 57.7 cm³/mol. The maximum atomic E-state index is 2.38. The van der Waals surface area contributed by atoms with Crippen molar-refractivity contribution in [2.75, 3.05) is 5.75 Å². The van der Waals surface area contributed by atoms with Gasteiger partial charge in [0.2, 0.25) is 0 Å². The zero-order valence-electron chi connectivity index (χ0n) is 7.67. The minimum Gasteiger partial charge on any atom is -0.158 e. The van der Waals surface area contributed by atoms with E-state index in [4.69, 9.17) is 0 Å². The fraction of sp³-hybridized carbons (Fsp3) is 1.00. The van der Waals surface area contributed by atoms with E-state index in [1.165, 1.54) is 18.6 Å². The largest absolute Gasteiger partial charge is 0.158 e. The molecule has 0 bridgehead atoms. The van der Waals surface area contributed by atoms with Crippen LogP contribution < -0.4 is 0 Å². The first kappa shape index (κ1) is 9.79. The molecule has 0 aromatic heterocycles. The molecule has 0 aliphatic carbocycles. The fourth-order valence-electron chi connectivity index (χ4n) is 1.30. The molecule has 66 valence electrons. The summed E-state index contributed by atoms with van der Waals surface area (Å²) in [5.74, 6) is 1.34. The lowest BCUT2D eigenvalue weighted by molar-refractivity contribution is 0.828. The van der Waals surface area contributed by atoms with Gasteiger partial charge in [0.05, 0.1) is 0 Å². The molecule has 0 amide bonds. The second kappa shape index (κ2) is 4.66. The summed E-state index contributed by atoms with van der Waals surface area (Å²) in [4.78, 5) is 0. The van der Waals surface area contributed by atoms with Crippen LogP contribution in [-0.2, 0) is 0 Å². The van der Waals surface area contributed by atoms with Gasteiger partial charge in [-0.1, -0.05) is 20.8 Å². The summed E-state index contributed by atoms with van der Waals surface area (Å²) in [7, 11) is 0. The third kappa shape index (κ3) is 2.90. The van der Waals surface area contributed by atoms with Crippen molar-refractivity contribution < 1.29 is 0 Å². The van der Waals surface area contributed by atoms with Crippen molar-refractivity contribution in [3.05, 3.63) is 0 Å². The third-order valence-electron chi connectivity index (χ3n) is 2.07. The molecule has 3 atom stereocenters. The summed E-state index contributed by atoms with van der Waals surface area (Å²) in [6.07, 6.45) is 2.69. The third-order valence-corrected chi connectivity index (χ3v) is 5.42. The number of hydrogen-bond acceptors (Lipinski definition) is 2. The standard InChI is InChI=1S/C9H18S2/c1-4-6-10-7(3)9-8(5-2)11-9/h7-9H,4-6H2,1-3H3. The first-order valence-electron chi connectivity index (χ1n) is 4.56. The average Bonchev–Trinajstić information content (AvgIpc) is 2.78. The predicted octanol–water partition coefficient (Wildman–Crippen LogP) is 3.41. The van der Waals surface area contributed by atoms with Gasteiger partial charge in [-0.25, -0.2) is 0 Å². The monoisotopic (exact) mass is 190 g/mol. The van der Waals surface area contributed by atoms with E-state index in [1.807, 2.05) is 0 Å². The van der Waals surface area contributed by atoms with E-state index in [-0.39, 0.29) is 0 Å². The molecule has 0 radical (unpaired) electrons. The van der Waals surface area contributed by atoms with Crippen molar-refractivity contribution in [2.24, 2.45) is 0 Å². The summed E-state index contributed by atoms with van der Waals surface area (Å²) in [5, 5.41) is 2.87. The van der Waals surface area contributed by atoms with Gasteiger partial charge in [0.1, 0.15) is 0 Å². The molecular formula is C9H18S2. The van der Waals surface area contributed by atoms with Crippen LogP contribution in [0.4, 0.5) is 0 Å². The quantitative estimate of drug-likeness (QED) is 0.609. The average molecular weight is 190 g/mol. The van der Waals surface area contributed by atoms with Gasteiger partial charge in [-0.2, -0.15) is 23.5 Å². The van der Waals surface area contributed by atoms with Gasteiger partial charge in [0.25, 0.3) is 0 Å². The van der Waals surface area contributed by atoms with E-state index in [2.05, 4.69) is 44.3 Å². The van der Waals surface area contributed by atoms with Crippen LogP contribution in [0.2, 0.25) is 0 Å². The van der Waals surface area contributed by atoms with Crippen molar-refractivity contribution in [3.8, 4) is 0 Å². The molecule has 3 unspecified atom stereocenters. The first-order valence-corrected chi connectivity index (χ1v) is 6.55. The lowest BCUT2D eigenvalue weighted by Gasteiger charge is -2.07. The van der Waals surface area contributed by atoms with Crippen molar-refractivity contribution in [1.82, 2.24) is 0 Å². The molecule has 1 fully saturated rings. The van der Waals surface area contributed by atoms with E-state index in [0.29, 0.717) is 0 Å². The minimum absolute atomic E-state index is 0.893. The van der Waals surface area contributed by atoms with Gasteiger partial charge >= 0.3 is 0 Å². The maximum absolute atomic E-state index is 2.38. The van der Waals surface area contributed by atoms with Crippen LogP contribution in [0.25, 0.3) is 0 Å². The lowest BCUT2D eigenvalue weighted by atomic mass is 10.2. The maximum Gasteiger partial charge on any atom is 0.0285 e. The topological polar surface area (TPSA) is 0 Å². The summed E-state index contributed by atoms with van der Waals surface area (Å²) in [5.41, 5.74) is 0. The van der Waals surface area contributed by atoms with Crippen LogP contribution in [0, 0.1) is 0 Å². The zero-order chi connectivity index (χ0) is 8.27. The Labute approximate surface area is 78.9 Å². The van der Waals surface area contributed by atoms with Crippen LogP contribution in [0.5, 0.6) is 0 Å². The molecule has 1 aliphatic rings. The van der Waals surface area contributed by atoms with Crippen LogP contribution in [0.3, 0.4) is 0 Å². The Balaban J connectivity index is 2.07. The number of rotatable bonds is 5. The second-order valence-corrected chi connectivity index (χ2v) is 6.03. The van der Waals surface area contributed by atoms with Crippen LogP contribution in [0.1, 0.15) is 33.6 Å². The van der Waals surface area contributed by atoms with Gasteiger partial charge in [-0.05, 0) is 18.6 Å². The summed E-state index contributed by atoms with van der Waals surface area (Å²) >= 11 is 4.32. The van der Waals surface area contributed by atoms with Gasteiger partial charge in [-0.15, -0.1) is 0 Å². The molecule has 0 spiro atoms. The van der Waals surface area contributed by atoms with E-state index >= 15 is 0 Å². The van der Waals surface area contributed by atoms with E-state index in [1.54, 1.807) is 0 Å². The van der Waals surface area contributed by atoms with E-state index < -0.39 is 0 Å². The van der Waals surface area contributed by atoms with E-state index in [0.717, 1.165) is 15.7 Å². The van der Waals surface area contributed by atoms with Gasteiger partial charge < -0.3 is 0 Å². The molecule has 1 aliphatic heterocycles. The van der Waals surface area contributed by atoms with Crippen molar-refractivity contribution in [3.63, 3.8) is 0 Å². The van der Waals surface area contributed by atoms with Gasteiger partial charge in [0, 0.05) is 15.7 Å². The van der Waals surface area contributed by atoms with Gasteiger partial charge in [0.15, 0.2) is 0 Å². The minimum atomic E-state index is 0.893. The molecule has 0 saturated carbocycles. The van der Waals surface area contributed by atoms with Crippen molar-refractivity contribution >= 4 is 23.5 Å². The van der Waals surface area contributed by atoms with Crippen LogP contribution in [0.15, 0.2) is 0 Å². The molecule has 11 heavy (non-hydrogen) atoms. The molecule has 1 rings (SSSR count). The van der Waals surface area contributed by atoms with Crippen LogP contribution in [-0.4, -0.2) is 21.5 Å². The number of thioether (sulfide) groups is 2. The Hall–Kier alpha value is 0.700. The normalized spacial score (nSPS) is 31.9. The van der Waals surface area contributed by atoms with Gasteiger partial charge in [-0.3, -0.25) is 0 Å². The summed E-state index contributed by atoms with van der Waals surface area (Å²) in [6, 6.07) is 0. The zero-order valence-corrected chi connectivity index (χ0v) is 9.30. The fourth-order valence-corrected chi connectivity index (χ4v) is 3.97. The Morgan fingerprint density at radius 1 is 1.45 bits per heavy atom. The summed E-state index contributed by atoms with van der Waals surface area (Å²) in [6.45, 7) is 6.94.